The molecule has 0 unspecified atom stereocenters. The van der Waals surface area contributed by atoms with Crippen LogP contribution in [0.3, 0.4) is 0 Å². The Kier molecular flexibility index (Phi) is 59.3. The number of carbonyl (C=O) groups excluding carboxylic acids is 4. The average Bonchev–Trinajstić information content (AvgIpc) is 1.75. The number of piperidine rings is 2. The van der Waals surface area contributed by atoms with Crippen LogP contribution in [-0.4, -0.2) is 409 Å². The van der Waals surface area contributed by atoms with Crippen molar-refractivity contribution < 1.29 is 114 Å². The molecule has 41 heteroatoms. The van der Waals surface area contributed by atoms with E-state index >= 15 is 0 Å². The van der Waals surface area contributed by atoms with Crippen LogP contribution in [0.1, 0.15) is 237 Å². The van der Waals surface area contributed by atoms with Crippen LogP contribution in [0.25, 0.3) is 0 Å². The fraction of sp³-hybridized carbons (Fsp3) is 0.781. The number of hydrogen-bond acceptors (Lipinski definition) is 28. The van der Waals surface area contributed by atoms with E-state index in [1.807, 2.05) is 0 Å². The SMILES string of the molecule is CC(C)N1CCC1.CC(C)N1CCCC1.CC(C)N1CCCCC1.CC(C)N1CCN(C)CC1.CC(C)N1CCN(C2CC2)CC1.CC(C)N1CCNCC1.CC(C)N1CCOCC1.CC(C)N1CCS(=O)(=O)CC1.CC(C)N1CCS(=O)CC1.O=C(Nc1nnc(C(=O)N2CCCCC2)o1)c1cccc(OC(F)(F)F)c1.[CH2-]CNC(=O)c1nnc(NC(=O)c2cccc(OC(F)(F)F)c2)o1.[Y]. The molecular formula is C96H169F6N20O12S2Y-. The molecule has 32 nitrogen and oxygen atoms in total. The van der Waals surface area contributed by atoms with E-state index in [9.17, 15) is 58.1 Å². The number of likely N-dealkylation sites (tertiary alicyclic amines) is 4. The van der Waals surface area contributed by atoms with E-state index in [1.54, 1.807) is 4.90 Å². The topological polar surface area (TPSA) is 312 Å². The van der Waals surface area contributed by atoms with Crippen LogP contribution in [-0.2, 0) is 58.1 Å². The summed E-state index contributed by atoms with van der Waals surface area (Å²) in [5.41, 5.74) is -0.252. The number of alkyl halides is 6. The van der Waals surface area contributed by atoms with Gasteiger partial charge in [0.25, 0.3) is 11.8 Å². The molecule has 4 amide bonds. The van der Waals surface area contributed by atoms with Gasteiger partial charge in [0, 0.05) is 257 Å². The summed E-state index contributed by atoms with van der Waals surface area (Å²) in [5, 5.41) is 24.0. The fourth-order valence-electron chi connectivity index (χ4n) is 15.8. The summed E-state index contributed by atoms with van der Waals surface area (Å²) >= 11 is 0. The van der Waals surface area contributed by atoms with Crippen LogP contribution in [0.4, 0.5) is 38.4 Å². The zero-order valence-corrected chi connectivity index (χ0v) is 90.4. The summed E-state index contributed by atoms with van der Waals surface area (Å²) < 4.78 is 129. The molecular weight excluding hydrogens is 1890 g/mol. The Hall–Kier alpha value is -5.54. The number of aromatic nitrogens is 4. The van der Waals surface area contributed by atoms with Gasteiger partial charge in [-0.15, -0.1) is 43.1 Å². The van der Waals surface area contributed by atoms with Crippen molar-refractivity contribution in [1.82, 2.24) is 89.8 Å². The van der Waals surface area contributed by atoms with Crippen molar-refractivity contribution in [2.75, 3.05) is 231 Å². The number of nitrogens with one attached hydrogen (secondary N) is 4. The second-order valence-electron chi connectivity index (χ2n) is 38.2. The van der Waals surface area contributed by atoms with Gasteiger partial charge in [-0.2, -0.15) is 0 Å². The van der Waals surface area contributed by atoms with E-state index in [0.29, 0.717) is 55.8 Å². The van der Waals surface area contributed by atoms with Crippen LogP contribution < -0.4 is 30.7 Å². The van der Waals surface area contributed by atoms with Gasteiger partial charge in [-0.3, -0.25) is 68.3 Å². The summed E-state index contributed by atoms with van der Waals surface area (Å²) in [6.07, 6.45) is 4.52. The van der Waals surface area contributed by atoms with E-state index in [4.69, 9.17) is 13.6 Å². The zero-order chi connectivity index (χ0) is 101. The molecule has 4 N–H and O–H groups in total. The van der Waals surface area contributed by atoms with E-state index < -0.39 is 80.4 Å². The molecule has 1 radical (unpaired) electrons. The Morgan fingerprint density at radius 2 is 0.788 bits per heavy atom. The number of morpholine rings is 1. The molecule has 4 aromatic rings. The smallest absolute Gasteiger partial charge is 0.406 e. The first-order valence-corrected chi connectivity index (χ1v) is 52.9. The van der Waals surface area contributed by atoms with Crippen LogP contribution in [0.5, 0.6) is 11.5 Å². The molecule has 11 aliphatic rings. The van der Waals surface area contributed by atoms with Crippen molar-refractivity contribution in [2.24, 2.45) is 0 Å². The van der Waals surface area contributed by atoms with Crippen LogP contribution in [0, 0.1) is 6.92 Å². The number of benzene rings is 2. The van der Waals surface area contributed by atoms with Crippen molar-refractivity contribution in [1.29, 1.82) is 0 Å². The largest absolute Gasteiger partial charge is 0.573 e. The number of halogens is 6. The maximum Gasteiger partial charge on any atom is 0.573 e. The summed E-state index contributed by atoms with van der Waals surface area (Å²) in [7, 11) is -1.02. The van der Waals surface area contributed by atoms with Crippen molar-refractivity contribution in [3.8, 4) is 11.5 Å². The molecule has 11 fully saturated rings. The van der Waals surface area contributed by atoms with E-state index in [0.717, 1.165) is 150 Å². The first-order chi connectivity index (χ1) is 64.3. The molecule has 10 saturated heterocycles. The summed E-state index contributed by atoms with van der Waals surface area (Å²) in [6, 6.07) is 15.4. The molecule has 137 heavy (non-hydrogen) atoms. The van der Waals surface area contributed by atoms with Crippen molar-refractivity contribution in [2.45, 2.75) is 268 Å². The van der Waals surface area contributed by atoms with Gasteiger partial charge in [-0.05, 0) is 272 Å². The number of piperazine rings is 3. The summed E-state index contributed by atoms with van der Waals surface area (Å²) in [6.45, 7) is 75.3. The molecule has 10 aliphatic heterocycles. The third-order valence-electron chi connectivity index (χ3n) is 25.0. The number of amides is 4. The quantitative estimate of drug-likeness (QED) is 0.0501. The first kappa shape index (κ1) is 124. The third-order valence-corrected chi connectivity index (χ3v) is 27.9. The van der Waals surface area contributed by atoms with Gasteiger partial charge in [0.2, 0.25) is 0 Å². The molecule has 0 bridgehead atoms. The predicted molar refractivity (Wildman–Crippen MR) is 529 cm³/mol. The number of ether oxygens (including phenoxy) is 3. The van der Waals surface area contributed by atoms with Gasteiger partial charge < -0.3 is 65.1 Å². The molecule has 0 spiro atoms. The molecule has 2 aromatic heterocycles. The molecule has 1 saturated carbocycles. The number of hydrogen-bond donors (Lipinski definition) is 4. The predicted octanol–water partition coefficient (Wildman–Crippen LogP) is 12.5. The van der Waals surface area contributed by atoms with Gasteiger partial charge in [0.1, 0.15) is 11.5 Å². The van der Waals surface area contributed by atoms with E-state index in [-0.39, 0.29) is 62.3 Å². The Balaban J connectivity index is 0.000000325. The Morgan fingerprint density at radius 1 is 0.445 bits per heavy atom. The van der Waals surface area contributed by atoms with Crippen LogP contribution in [0.2, 0.25) is 0 Å². The van der Waals surface area contributed by atoms with Crippen molar-refractivity contribution in [3.05, 3.63) is 78.4 Å². The van der Waals surface area contributed by atoms with Gasteiger partial charge in [0.15, 0.2) is 9.84 Å². The Morgan fingerprint density at radius 3 is 1.15 bits per heavy atom. The number of carbonyl (C=O) groups is 4. The standard InChI is InChI=1S/C16H15F3N4O4.C13H10F3N4O4.C10H20N2.C8H18N2.C8H17N.C7H16N2.C7H15NO2S.C7H15NOS.C7H15NO.C7H15N.C6H13N.Y/c17-16(18,19)27-11-6-4-5-10(9-11)12(24)20-15-22-21-13(26-15)14(25)23-7-2-1-3-8-23;1-2-17-10(22)11-19-20-12(23-11)18-9(21)7-4-3-5-8(6-7)24-13(14,15)16;1-9(2)11-5-7-12(8-6-11)10-3-4-10;1-8(2)10-6-4-9(3)5-7-10;1-8(2)9-6-4-3-5-7-9;1-7(2)9-5-3-8-4-6-9;1-7(2)8-3-5-11(9,10)6-4-8;1-7(2)8-3-5-10(9)6-4-8;1-7(2)8-3-5-9-6-4-8;1-7(2)8-5-3-4-6-8;1-6(2)7-4-3-5-7;/h4-6,9H,1-3,7-8H2,(H,20,22,24);3-6H,1-2H2,(H,17,22)(H,18,20,21);9-10H,3-8H2,1-2H3;8H,4-7H2,1-3H3;8H,3-7H2,1-2H3;7-8H,3-6H2,1-2H3;7H,3-6H2,1-2H3;7H,3-6H2,1-2H3;7H,3-6H2,1-2H3;7H,3-6H2,1-2H3;6H,3-5H2,1-2H3;/q;-1;;;;;;;;;;. The Labute approximate surface area is 843 Å². The molecule has 0 atom stereocenters. The molecule has 1 aliphatic carbocycles. The second-order valence-corrected chi connectivity index (χ2v) is 42.2. The average molecular weight is 2060 g/mol. The molecule has 783 valence electrons. The van der Waals surface area contributed by atoms with Crippen LogP contribution >= 0.6 is 0 Å². The van der Waals surface area contributed by atoms with Crippen molar-refractivity contribution >= 4 is 56.3 Å². The molecule has 2 aromatic carbocycles. The summed E-state index contributed by atoms with van der Waals surface area (Å²) in [5.74, 6) is -2.06. The minimum Gasteiger partial charge on any atom is -0.406 e. The number of anilines is 2. The minimum absolute atomic E-state index is 0. The molecule has 12 heterocycles. The monoisotopic (exact) mass is 2060 g/mol. The Bertz CT molecular complexity index is 4000. The second kappa shape index (κ2) is 65.7. The van der Waals surface area contributed by atoms with Crippen molar-refractivity contribution in [3.63, 3.8) is 0 Å². The number of likely N-dealkylation sites (N-methyl/N-ethyl adjacent to an activating group) is 1. The number of nitrogens with zero attached hydrogens (tertiary/aromatic N) is 16. The van der Waals surface area contributed by atoms with Gasteiger partial charge in [-0.25, -0.2) is 8.42 Å². The maximum atomic E-state index is 12.3. The van der Waals surface area contributed by atoms with Crippen LogP contribution in [0.15, 0.2) is 57.4 Å². The third kappa shape index (κ3) is 52.0. The minimum atomic E-state index is -4.88. The van der Waals surface area contributed by atoms with Gasteiger partial charge in [0.05, 0.1) is 24.7 Å². The van der Waals surface area contributed by atoms with Gasteiger partial charge in [-0.1, -0.05) is 28.8 Å². The first-order valence-electron chi connectivity index (χ1n) is 49.6. The summed E-state index contributed by atoms with van der Waals surface area (Å²) in [4.78, 5) is 76.5. The van der Waals surface area contributed by atoms with E-state index in [2.05, 4.69) is 244 Å². The maximum absolute atomic E-state index is 12.3. The normalized spacial score (nSPS) is 19.9. The van der Waals surface area contributed by atoms with Gasteiger partial charge >= 0.3 is 48.3 Å². The molecule has 15 rings (SSSR count). The van der Waals surface area contributed by atoms with E-state index in [1.165, 1.54) is 180 Å². The number of sulfone groups is 1. The fourth-order valence-corrected chi connectivity index (χ4v) is 18.1. The zero-order valence-electron chi connectivity index (χ0n) is 85.9. The number of rotatable bonds is 19.